The highest BCUT2D eigenvalue weighted by atomic mass is 32.1. The molecule has 134 valence electrons. The van der Waals surface area contributed by atoms with Crippen LogP contribution in [0, 0.1) is 5.41 Å². The lowest BCUT2D eigenvalue weighted by Gasteiger charge is -2.48. The smallest absolute Gasteiger partial charge is 0.0549 e. The van der Waals surface area contributed by atoms with Gasteiger partial charge in [-0.25, -0.2) is 0 Å². The summed E-state index contributed by atoms with van der Waals surface area (Å²) in [7, 11) is 4.53. The Kier molecular flexibility index (Phi) is 4.69. The van der Waals surface area contributed by atoms with E-state index >= 15 is 0 Å². The fourth-order valence-corrected chi connectivity index (χ4v) is 6.04. The van der Waals surface area contributed by atoms with Gasteiger partial charge in [-0.2, -0.15) is 0 Å². The third-order valence-corrected chi connectivity index (χ3v) is 7.68. The first-order valence-electron chi connectivity index (χ1n) is 9.45. The summed E-state index contributed by atoms with van der Waals surface area (Å²) in [4.78, 5) is 10.9. The second-order valence-corrected chi connectivity index (χ2v) is 9.17. The predicted molar refractivity (Wildman–Crippen MR) is 105 cm³/mol. The molecule has 25 heavy (non-hydrogen) atoms. The van der Waals surface area contributed by atoms with Crippen LogP contribution < -0.4 is 0 Å². The molecule has 0 bridgehead atoms. The van der Waals surface area contributed by atoms with Crippen LogP contribution in [0.1, 0.15) is 42.5 Å². The van der Waals surface area contributed by atoms with E-state index in [0.29, 0.717) is 5.41 Å². The Labute approximate surface area is 155 Å². The predicted octanol–water partition coefficient (Wildman–Crippen LogP) is 4.37. The van der Waals surface area contributed by atoms with Gasteiger partial charge in [0.2, 0.25) is 0 Å². The highest BCUT2D eigenvalue weighted by Gasteiger charge is 2.47. The minimum Gasteiger partial charge on any atom is -0.299 e. The lowest BCUT2D eigenvalue weighted by molar-refractivity contribution is 0.0404. The molecular formula is C21H29N3S. The Balaban J connectivity index is 1.43. The highest BCUT2D eigenvalue weighted by Crippen LogP contribution is 2.52. The van der Waals surface area contributed by atoms with E-state index in [0.717, 1.165) is 6.54 Å². The lowest BCUT2D eigenvalue weighted by Crippen LogP contribution is -2.47. The first-order chi connectivity index (χ1) is 12.1. The molecule has 0 amide bonds. The second-order valence-electron chi connectivity index (χ2n) is 8.23. The van der Waals surface area contributed by atoms with Gasteiger partial charge in [0.15, 0.2) is 0 Å². The van der Waals surface area contributed by atoms with Crippen molar-refractivity contribution in [1.29, 1.82) is 0 Å². The molecule has 0 radical (unpaired) electrons. The van der Waals surface area contributed by atoms with Crippen molar-refractivity contribution in [1.82, 2.24) is 14.8 Å². The number of rotatable bonds is 4. The monoisotopic (exact) mass is 355 g/mol. The fraction of sp³-hybridized carbons (Fsp3) is 0.571. The van der Waals surface area contributed by atoms with E-state index in [2.05, 4.69) is 52.5 Å². The van der Waals surface area contributed by atoms with E-state index in [1.54, 1.807) is 4.88 Å². The molecule has 3 nitrogen and oxygen atoms in total. The lowest BCUT2D eigenvalue weighted by atomic mass is 9.66. The third kappa shape index (κ3) is 3.27. The quantitative estimate of drug-likeness (QED) is 0.812. The van der Waals surface area contributed by atoms with E-state index < -0.39 is 0 Å². The zero-order valence-electron chi connectivity index (χ0n) is 15.4. The topological polar surface area (TPSA) is 19.4 Å². The minimum absolute atomic E-state index is 0.260. The van der Waals surface area contributed by atoms with Crippen LogP contribution in [0.3, 0.4) is 0 Å². The van der Waals surface area contributed by atoms with E-state index in [1.807, 2.05) is 29.8 Å². The zero-order chi connectivity index (χ0) is 17.3. The number of thiophene rings is 1. The molecule has 4 rings (SSSR count). The van der Waals surface area contributed by atoms with Crippen LogP contribution in [-0.2, 0) is 12.1 Å². The number of likely N-dealkylation sites (tertiary alicyclic amines) is 1. The van der Waals surface area contributed by atoms with E-state index in [1.165, 1.54) is 50.8 Å². The van der Waals surface area contributed by atoms with Crippen LogP contribution in [0.25, 0.3) is 0 Å². The third-order valence-electron chi connectivity index (χ3n) is 6.62. The average Bonchev–Trinajstić information content (AvgIpc) is 3.28. The van der Waals surface area contributed by atoms with E-state index in [-0.39, 0.29) is 5.54 Å². The SMILES string of the molecule is CN(C)C1(c2cccs2)CCC2(CCN(Cc3cccnc3)C2)CC1. The number of pyridine rings is 1. The standard InChI is InChI=1S/C21H29N3S/c1-23(2)21(19-6-4-14-25-19)9-7-20(8-10-21)11-13-24(17-20)16-18-5-3-12-22-15-18/h3-6,12,14-15H,7-11,13,16-17H2,1-2H3. The van der Waals surface area contributed by atoms with Gasteiger partial charge < -0.3 is 0 Å². The van der Waals surface area contributed by atoms with Gasteiger partial charge in [-0.1, -0.05) is 12.1 Å². The molecule has 1 aliphatic carbocycles. The molecule has 1 saturated heterocycles. The number of aromatic nitrogens is 1. The molecule has 1 saturated carbocycles. The van der Waals surface area contributed by atoms with Crippen molar-refractivity contribution in [2.75, 3.05) is 27.2 Å². The van der Waals surface area contributed by atoms with Gasteiger partial charge in [0.25, 0.3) is 0 Å². The molecule has 4 heteroatoms. The molecule has 0 aromatic carbocycles. The van der Waals surface area contributed by atoms with Gasteiger partial charge in [0, 0.05) is 30.4 Å². The number of hydrogen-bond donors (Lipinski definition) is 0. The summed E-state index contributed by atoms with van der Waals surface area (Å²) in [5, 5.41) is 2.23. The minimum atomic E-state index is 0.260. The first kappa shape index (κ1) is 17.2. The molecule has 2 aromatic heterocycles. The van der Waals surface area contributed by atoms with Crippen molar-refractivity contribution in [3.05, 3.63) is 52.5 Å². The van der Waals surface area contributed by atoms with Crippen LogP contribution in [0.15, 0.2) is 42.0 Å². The summed E-state index contributed by atoms with van der Waals surface area (Å²) in [6.07, 6.45) is 10.5. The summed E-state index contributed by atoms with van der Waals surface area (Å²) in [6, 6.07) is 8.80. The van der Waals surface area contributed by atoms with Crippen molar-refractivity contribution in [3.8, 4) is 0 Å². The van der Waals surface area contributed by atoms with Crippen LogP contribution >= 0.6 is 11.3 Å². The number of hydrogen-bond acceptors (Lipinski definition) is 4. The Morgan fingerprint density at radius 2 is 1.96 bits per heavy atom. The van der Waals surface area contributed by atoms with Crippen LogP contribution in [0.5, 0.6) is 0 Å². The molecule has 1 spiro atoms. The summed E-state index contributed by atoms with van der Waals surface area (Å²) < 4.78 is 0. The molecule has 2 aromatic rings. The number of nitrogens with zero attached hydrogens (tertiary/aromatic N) is 3. The van der Waals surface area contributed by atoms with Crippen molar-refractivity contribution in [3.63, 3.8) is 0 Å². The molecular weight excluding hydrogens is 326 g/mol. The van der Waals surface area contributed by atoms with Gasteiger partial charge >= 0.3 is 0 Å². The largest absolute Gasteiger partial charge is 0.299 e. The maximum Gasteiger partial charge on any atom is 0.0549 e. The Morgan fingerprint density at radius 3 is 2.60 bits per heavy atom. The first-order valence-corrected chi connectivity index (χ1v) is 10.3. The fourth-order valence-electron chi connectivity index (χ4n) is 4.97. The molecule has 0 atom stereocenters. The molecule has 3 heterocycles. The van der Waals surface area contributed by atoms with Crippen LogP contribution in [-0.4, -0.2) is 42.0 Å². The van der Waals surface area contributed by atoms with Crippen LogP contribution in [0.2, 0.25) is 0 Å². The summed E-state index contributed by atoms with van der Waals surface area (Å²) in [6.45, 7) is 3.55. The van der Waals surface area contributed by atoms with Crippen molar-refractivity contribution in [2.24, 2.45) is 5.41 Å². The van der Waals surface area contributed by atoms with Crippen molar-refractivity contribution in [2.45, 2.75) is 44.2 Å². The Hall–Kier alpha value is -1.23. The second kappa shape index (κ2) is 6.82. The Morgan fingerprint density at radius 1 is 1.12 bits per heavy atom. The Bertz CT molecular complexity index is 672. The maximum atomic E-state index is 4.27. The maximum absolute atomic E-state index is 4.27. The van der Waals surface area contributed by atoms with E-state index in [9.17, 15) is 0 Å². The molecule has 0 unspecified atom stereocenters. The zero-order valence-corrected chi connectivity index (χ0v) is 16.3. The summed E-state index contributed by atoms with van der Waals surface area (Å²) >= 11 is 1.93. The van der Waals surface area contributed by atoms with Crippen LogP contribution in [0.4, 0.5) is 0 Å². The summed E-state index contributed by atoms with van der Waals surface area (Å²) in [5.41, 5.74) is 2.14. The summed E-state index contributed by atoms with van der Waals surface area (Å²) in [5.74, 6) is 0. The molecule has 2 aliphatic rings. The average molecular weight is 356 g/mol. The van der Waals surface area contributed by atoms with Gasteiger partial charge in [-0.05, 0) is 81.2 Å². The molecule has 0 N–H and O–H groups in total. The highest BCUT2D eigenvalue weighted by molar-refractivity contribution is 7.10. The van der Waals surface area contributed by atoms with Gasteiger partial charge in [-0.15, -0.1) is 11.3 Å². The van der Waals surface area contributed by atoms with E-state index in [4.69, 9.17) is 0 Å². The van der Waals surface area contributed by atoms with Gasteiger partial charge in [0.1, 0.15) is 0 Å². The molecule has 2 fully saturated rings. The van der Waals surface area contributed by atoms with Crippen molar-refractivity contribution < 1.29 is 0 Å². The normalized spacial score (nSPS) is 30.4. The van der Waals surface area contributed by atoms with Crippen molar-refractivity contribution >= 4 is 11.3 Å². The van der Waals surface area contributed by atoms with Gasteiger partial charge in [-0.3, -0.25) is 14.8 Å². The molecule has 1 aliphatic heterocycles. The van der Waals surface area contributed by atoms with Gasteiger partial charge in [0.05, 0.1) is 5.54 Å².